The van der Waals surface area contributed by atoms with Gasteiger partial charge in [-0.1, -0.05) is 6.92 Å². The van der Waals surface area contributed by atoms with E-state index in [1.165, 1.54) is 11.3 Å². The third kappa shape index (κ3) is 4.96. The summed E-state index contributed by atoms with van der Waals surface area (Å²) in [7, 11) is 0. The average Bonchev–Trinajstić information content (AvgIpc) is 2.63. The number of aromatic nitrogens is 1. The number of rotatable bonds is 6. The molecule has 0 saturated carbocycles. The van der Waals surface area contributed by atoms with Gasteiger partial charge in [-0.15, -0.1) is 11.3 Å². The number of nitrogens with two attached hydrogens (primary N) is 1. The first-order valence-corrected chi connectivity index (χ1v) is 7.15. The van der Waals surface area contributed by atoms with Crippen molar-refractivity contribution in [2.45, 2.75) is 13.8 Å². The van der Waals surface area contributed by atoms with Crippen molar-refractivity contribution in [2.24, 2.45) is 11.7 Å². The van der Waals surface area contributed by atoms with Gasteiger partial charge in [-0.05, 0) is 25.1 Å². The van der Waals surface area contributed by atoms with Crippen LogP contribution in [0.3, 0.4) is 0 Å². The molecule has 1 aromatic heterocycles. The lowest BCUT2D eigenvalue weighted by Crippen LogP contribution is -2.17. The maximum atomic E-state index is 11.5. The van der Waals surface area contributed by atoms with E-state index in [0.29, 0.717) is 23.3 Å². The van der Waals surface area contributed by atoms with Crippen molar-refractivity contribution in [1.29, 1.82) is 0 Å². The quantitative estimate of drug-likeness (QED) is 0.816. The molecule has 0 aliphatic rings. The Balaban J connectivity index is 2.21. The van der Waals surface area contributed by atoms with Crippen molar-refractivity contribution in [3.8, 4) is 0 Å². The molecule has 1 unspecified atom stereocenters. The Bertz CT molecular complexity index is 341. The second-order valence-electron chi connectivity index (χ2n) is 3.70. The Morgan fingerprint density at radius 2 is 2.50 bits per heavy atom. The zero-order valence-corrected chi connectivity index (χ0v) is 11.2. The number of amides is 1. The number of thiazole rings is 1. The van der Waals surface area contributed by atoms with Crippen molar-refractivity contribution < 1.29 is 4.79 Å². The first-order chi connectivity index (χ1) is 7.61. The lowest BCUT2D eigenvalue weighted by molar-refractivity contribution is -0.113. The van der Waals surface area contributed by atoms with Crippen LogP contribution in [0.5, 0.6) is 0 Å². The minimum Gasteiger partial charge on any atom is -0.330 e. The highest BCUT2D eigenvalue weighted by Gasteiger charge is 2.06. The fourth-order valence-electron chi connectivity index (χ4n) is 0.988. The van der Waals surface area contributed by atoms with Gasteiger partial charge in [-0.3, -0.25) is 4.79 Å². The van der Waals surface area contributed by atoms with Crippen LogP contribution >= 0.6 is 23.1 Å². The molecule has 0 aliphatic carbocycles. The molecule has 90 valence electrons. The van der Waals surface area contributed by atoms with Crippen LogP contribution in [0.1, 0.15) is 12.6 Å². The molecule has 1 rings (SSSR count). The zero-order chi connectivity index (χ0) is 12.0. The second kappa shape index (κ2) is 6.88. The van der Waals surface area contributed by atoms with E-state index in [-0.39, 0.29) is 5.91 Å². The third-order valence-corrected chi connectivity index (χ3v) is 4.05. The van der Waals surface area contributed by atoms with Crippen LogP contribution in [-0.2, 0) is 4.79 Å². The van der Waals surface area contributed by atoms with E-state index in [9.17, 15) is 4.79 Å². The van der Waals surface area contributed by atoms with E-state index in [1.807, 2.05) is 12.3 Å². The molecule has 4 nitrogen and oxygen atoms in total. The number of nitrogens with zero attached hydrogens (tertiary/aromatic N) is 1. The third-order valence-electron chi connectivity index (χ3n) is 1.90. The SMILES string of the molecule is Cc1csc(NC(=O)CSCC(C)CN)n1. The molecule has 0 aromatic carbocycles. The maximum Gasteiger partial charge on any atom is 0.236 e. The molecule has 0 radical (unpaired) electrons. The van der Waals surface area contributed by atoms with Crippen molar-refractivity contribution >= 4 is 34.1 Å². The Kier molecular flexibility index (Phi) is 5.79. The average molecular weight is 259 g/mol. The molecule has 6 heteroatoms. The van der Waals surface area contributed by atoms with Gasteiger partial charge in [0.2, 0.25) is 5.91 Å². The number of hydrogen-bond acceptors (Lipinski definition) is 5. The van der Waals surface area contributed by atoms with Crippen molar-refractivity contribution in [3.05, 3.63) is 11.1 Å². The van der Waals surface area contributed by atoms with Crippen LogP contribution in [0.4, 0.5) is 5.13 Å². The standard InChI is InChI=1S/C10H17N3OS2/c1-7(3-11)4-15-6-9(14)13-10-12-8(2)5-16-10/h5,7H,3-4,6,11H2,1-2H3,(H,12,13,14). The van der Waals surface area contributed by atoms with Gasteiger partial charge in [0.25, 0.3) is 0 Å². The van der Waals surface area contributed by atoms with Crippen LogP contribution in [0.25, 0.3) is 0 Å². The first-order valence-electron chi connectivity index (χ1n) is 5.11. The van der Waals surface area contributed by atoms with Gasteiger partial charge in [0, 0.05) is 5.38 Å². The number of aryl methyl sites for hydroxylation is 1. The highest BCUT2D eigenvalue weighted by atomic mass is 32.2. The fraction of sp³-hybridized carbons (Fsp3) is 0.600. The molecule has 0 saturated heterocycles. The second-order valence-corrected chi connectivity index (χ2v) is 5.59. The number of hydrogen-bond donors (Lipinski definition) is 2. The number of carbonyl (C=O) groups is 1. The maximum absolute atomic E-state index is 11.5. The largest absolute Gasteiger partial charge is 0.330 e. The minimum absolute atomic E-state index is 0.00331. The summed E-state index contributed by atoms with van der Waals surface area (Å²) in [5.74, 6) is 1.84. The Morgan fingerprint density at radius 3 is 3.06 bits per heavy atom. The van der Waals surface area contributed by atoms with Gasteiger partial charge in [-0.25, -0.2) is 4.98 Å². The van der Waals surface area contributed by atoms with E-state index >= 15 is 0 Å². The molecule has 1 heterocycles. The van der Waals surface area contributed by atoms with Crippen LogP contribution in [0.2, 0.25) is 0 Å². The van der Waals surface area contributed by atoms with Gasteiger partial charge >= 0.3 is 0 Å². The molecule has 1 atom stereocenters. The number of carbonyl (C=O) groups excluding carboxylic acids is 1. The van der Waals surface area contributed by atoms with E-state index in [0.717, 1.165) is 11.4 Å². The Morgan fingerprint density at radius 1 is 1.75 bits per heavy atom. The van der Waals surface area contributed by atoms with Crippen LogP contribution in [0.15, 0.2) is 5.38 Å². The normalized spacial score (nSPS) is 12.4. The van der Waals surface area contributed by atoms with Gasteiger partial charge in [0.1, 0.15) is 0 Å². The molecular formula is C10H17N3OS2. The number of anilines is 1. The monoisotopic (exact) mass is 259 g/mol. The predicted octanol–water partition coefficient (Wildman–Crippen LogP) is 1.72. The summed E-state index contributed by atoms with van der Waals surface area (Å²) in [5, 5.41) is 5.36. The summed E-state index contributed by atoms with van der Waals surface area (Å²) in [4.78, 5) is 15.7. The summed E-state index contributed by atoms with van der Waals surface area (Å²) in [6.45, 7) is 4.65. The Hall–Kier alpha value is -0.590. The van der Waals surface area contributed by atoms with E-state index < -0.39 is 0 Å². The van der Waals surface area contributed by atoms with Gasteiger partial charge in [0.05, 0.1) is 11.4 Å². The van der Waals surface area contributed by atoms with Gasteiger partial charge in [0.15, 0.2) is 5.13 Å². The summed E-state index contributed by atoms with van der Waals surface area (Å²) in [5.41, 5.74) is 6.43. The zero-order valence-electron chi connectivity index (χ0n) is 9.53. The van der Waals surface area contributed by atoms with Crippen LogP contribution in [0, 0.1) is 12.8 Å². The van der Waals surface area contributed by atoms with Crippen molar-refractivity contribution in [2.75, 3.05) is 23.4 Å². The smallest absolute Gasteiger partial charge is 0.236 e. The summed E-state index contributed by atoms with van der Waals surface area (Å²) < 4.78 is 0. The van der Waals surface area contributed by atoms with Crippen LogP contribution < -0.4 is 11.1 Å². The van der Waals surface area contributed by atoms with E-state index in [2.05, 4.69) is 17.2 Å². The van der Waals surface area contributed by atoms with Crippen LogP contribution in [-0.4, -0.2) is 28.9 Å². The molecule has 1 aromatic rings. The lowest BCUT2D eigenvalue weighted by Gasteiger charge is -2.06. The van der Waals surface area contributed by atoms with Crippen molar-refractivity contribution in [3.63, 3.8) is 0 Å². The molecule has 16 heavy (non-hydrogen) atoms. The topological polar surface area (TPSA) is 68.0 Å². The van der Waals surface area contributed by atoms with E-state index in [1.54, 1.807) is 11.8 Å². The summed E-state index contributed by atoms with van der Waals surface area (Å²) in [6.07, 6.45) is 0. The molecule has 0 bridgehead atoms. The van der Waals surface area contributed by atoms with Crippen molar-refractivity contribution in [1.82, 2.24) is 4.98 Å². The number of nitrogens with one attached hydrogen (secondary N) is 1. The highest BCUT2D eigenvalue weighted by Crippen LogP contribution is 2.15. The molecular weight excluding hydrogens is 242 g/mol. The minimum atomic E-state index is 0.00331. The first kappa shape index (κ1) is 13.5. The summed E-state index contributed by atoms with van der Waals surface area (Å²) in [6, 6.07) is 0. The lowest BCUT2D eigenvalue weighted by atomic mass is 10.2. The molecule has 0 spiro atoms. The highest BCUT2D eigenvalue weighted by molar-refractivity contribution is 7.99. The molecule has 1 amide bonds. The molecule has 3 N–H and O–H groups in total. The Labute approximate surface area is 104 Å². The van der Waals surface area contributed by atoms with Gasteiger partial charge < -0.3 is 11.1 Å². The molecule has 0 fully saturated rings. The van der Waals surface area contributed by atoms with Gasteiger partial charge in [-0.2, -0.15) is 11.8 Å². The fourth-order valence-corrected chi connectivity index (χ4v) is 2.61. The predicted molar refractivity (Wildman–Crippen MR) is 71.0 cm³/mol. The van der Waals surface area contributed by atoms with E-state index in [4.69, 9.17) is 5.73 Å². The number of thioether (sulfide) groups is 1. The molecule has 0 aliphatic heterocycles. The summed E-state index contributed by atoms with van der Waals surface area (Å²) >= 11 is 3.05.